The van der Waals surface area contributed by atoms with Gasteiger partial charge < -0.3 is 15.0 Å². The average molecular weight is 381 g/mol. The molecule has 4 heterocycles. The van der Waals surface area contributed by atoms with Gasteiger partial charge in [-0.3, -0.25) is 4.79 Å². The van der Waals surface area contributed by atoms with Crippen molar-refractivity contribution in [3.8, 4) is 5.75 Å². The van der Waals surface area contributed by atoms with Crippen LogP contribution >= 0.6 is 0 Å². The lowest BCUT2D eigenvalue weighted by Crippen LogP contribution is -2.26. The minimum Gasteiger partial charge on any atom is -0.492 e. The first kappa shape index (κ1) is 17.0. The van der Waals surface area contributed by atoms with Crippen LogP contribution in [0.15, 0.2) is 36.7 Å². The summed E-state index contributed by atoms with van der Waals surface area (Å²) in [5.74, 6) is 0.516. The van der Waals surface area contributed by atoms with Crippen molar-refractivity contribution >= 4 is 23.1 Å². The molecule has 28 heavy (non-hydrogen) atoms. The largest absolute Gasteiger partial charge is 0.492 e. The Labute approximate surface area is 161 Å². The highest BCUT2D eigenvalue weighted by molar-refractivity contribution is 5.95. The number of carbonyl (C=O) groups excluding carboxylic acids is 1. The van der Waals surface area contributed by atoms with Crippen molar-refractivity contribution < 1.29 is 13.9 Å². The van der Waals surface area contributed by atoms with E-state index in [2.05, 4.69) is 15.3 Å². The Morgan fingerprint density at radius 1 is 1.32 bits per heavy atom. The van der Waals surface area contributed by atoms with Gasteiger partial charge in [0.1, 0.15) is 23.1 Å². The summed E-state index contributed by atoms with van der Waals surface area (Å²) in [6.45, 7) is 2.81. The highest BCUT2D eigenvalue weighted by Crippen LogP contribution is 2.40. The van der Waals surface area contributed by atoms with E-state index >= 15 is 0 Å². The van der Waals surface area contributed by atoms with E-state index in [4.69, 9.17) is 9.72 Å². The molecule has 2 bridgehead atoms. The molecule has 7 nitrogen and oxygen atoms in total. The number of hydrogen-bond acceptors (Lipinski definition) is 5. The fourth-order valence-electron chi connectivity index (χ4n) is 3.93. The number of nitrogens with zero attached hydrogens (tertiary/aromatic N) is 4. The predicted octanol–water partition coefficient (Wildman–Crippen LogP) is 3.18. The fraction of sp³-hybridized carbons (Fsp3) is 0.350. The SMILES string of the molecule is CC1COc2ccc(F)cc2C2CCCN2c2ccn3ncc(c3n2)NC1=O. The molecule has 0 radical (unpaired) electrons. The molecule has 2 aliphatic rings. The molecule has 8 heteroatoms. The molecule has 5 rings (SSSR count). The van der Waals surface area contributed by atoms with Crippen molar-refractivity contribution in [3.63, 3.8) is 0 Å². The van der Waals surface area contributed by atoms with Gasteiger partial charge in [0.2, 0.25) is 5.91 Å². The third-order valence-electron chi connectivity index (χ3n) is 5.43. The summed E-state index contributed by atoms with van der Waals surface area (Å²) in [6, 6.07) is 6.43. The lowest BCUT2D eigenvalue weighted by atomic mass is 10.0. The Kier molecular flexibility index (Phi) is 3.92. The number of hydrogen-bond donors (Lipinski definition) is 1. The van der Waals surface area contributed by atoms with E-state index in [1.54, 1.807) is 23.7 Å². The number of nitrogens with one attached hydrogen (secondary N) is 1. The molecule has 3 aromatic rings. The van der Waals surface area contributed by atoms with Crippen LogP contribution in [0, 0.1) is 11.7 Å². The van der Waals surface area contributed by atoms with E-state index in [0.29, 0.717) is 17.1 Å². The second kappa shape index (κ2) is 6.47. The number of rotatable bonds is 0. The summed E-state index contributed by atoms with van der Waals surface area (Å²) in [6.07, 6.45) is 5.29. The summed E-state index contributed by atoms with van der Waals surface area (Å²) < 4.78 is 21.7. The van der Waals surface area contributed by atoms with Gasteiger partial charge in [0.15, 0.2) is 5.65 Å². The molecule has 1 N–H and O–H groups in total. The monoisotopic (exact) mass is 381 g/mol. The van der Waals surface area contributed by atoms with E-state index in [0.717, 1.165) is 30.8 Å². The number of anilines is 2. The topological polar surface area (TPSA) is 71.8 Å². The van der Waals surface area contributed by atoms with Crippen LogP contribution < -0.4 is 15.0 Å². The Morgan fingerprint density at radius 3 is 3.11 bits per heavy atom. The van der Waals surface area contributed by atoms with Gasteiger partial charge in [-0.05, 0) is 37.1 Å². The van der Waals surface area contributed by atoms with Crippen molar-refractivity contribution in [1.82, 2.24) is 14.6 Å². The summed E-state index contributed by atoms with van der Waals surface area (Å²) in [5, 5.41) is 7.16. The van der Waals surface area contributed by atoms with Gasteiger partial charge in [-0.25, -0.2) is 13.9 Å². The van der Waals surface area contributed by atoms with Crippen molar-refractivity contribution in [2.24, 2.45) is 5.92 Å². The van der Waals surface area contributed by atoms with E-state index in [9.17, 15) is 9.18 Å². The maximum atomic E-state index is 14.1. The van der Waals surface area contributed by atoms with Gasteiger partial charge in [-0.1, -0.05) is 6.92 Å². The van der Waals surface area contributed by atoms with Gasteiger partial charge in [0, 0.05) is 18.3 Å². The zero-order valence-electron chi connectivity index (χ0n) is 15.4. The minimum absolute atomic E-state index is 0.0354. The number of ether oxygens (including phenoxy) is 1. The number of amides is 1. The quantitative estimate of drug-likeness (QED) is 0.648. The number of benzene rings is 1. The van der Waals surface area contributed by atoms with Crippen molar-refractivity contribution in [1.29, 1.82) is 0 Å². The molecule has 1 aromatic carbocycles. The van der Waals surface area contributed by atoms with Crippen molar-refractivity contribution in [2.45, 2.75) is 25.8 Å². The fourth-order valence-corrected chi connectivity index (χ4v) is 3.93. The van der Waals surface area contributed by atoms with E-state index in [-0.39, 0.29) is 24.4 Å². The minimum atomic E-state index is -0.392. The molecule has 2 atom stereocenters. The second-order valence-corrected chi connectivity index (χ2v) is 7.35. The normalized spacial score (nSPS) is 21.9. The number of carbonyl (C=O) groups is 1. The Bertz CT molecular complexity index is 1070. The molecule has 2 aromatic heterocycles. The van der Waals surface area contributed by atoms with Crippen LogP contribution in [0.5, 0.6) is 5.75 Å². The smallest absolute Gasteiger partial charge is 0.230 e. The van der Waals surface area contributed by atoms with E-state index in [1.165, 1.54) is 12.1 Å². The first-order valence-electron chi connectivity index (χ1n) is 9.44. The third-order valence-corrected chi connectivity index (χ3v) is 5.43. The first-order valence-corrected chi connectivity index (χ1v) is 9.44. The number of aromatic nitrogens is 3. The summed E-state index contributed by atoms with van der Waals surface area (Å²) in [7, 11) is 0. The lowest BCUT2D eigenvalue weighted by Gasteiger charge is -2.27. The molecule has 144 valence electrons. The highest BCUT2D eigenvalue weighted by atomic mass is 19.1. The number of halogens is 1. The van der Waals surface area contributed by atoms with Crippen LogP contribution in [0.25, 0.3) is 5.65 Å². The molecule has 2 aliphatic heterocycles. The maximum Gasteiger partial charge on any atom is 0.230 e. The van der Waals surface area contributed by atoms with Crippen LogP contribution in [-0.4, -0.2) is 33.7 Å². The highest BCUT2D eigenvalue weighted by Gasteiger charge is 2.31. The van der Waals surface area contributed by atoms with Gasteiger partial charge in [0.05, 0.1) is 24.8 Å². The van der Waals surface area contributed by atoms with Gasteiger partial charge in [0.25, 0.3) is 0 Å². The van der Waals surface area contributed by atoms with Crippen LogP contribution in [0.1, 0.15) is 31.4 Å². The lowest BCUT2D eigenvalue weighted by molar-refractivity contribution is -0.120. The van der Waals surface area contributed by atoms with Crippen molar-refractivity contribution in [2.75, 3.05) is 23.4 Å². The zero-order chi connectivity index (χ0) is 19.3. The predicted molar refractivity (Wildman–Crippen MR) is 102 cm³/mol. The standard InChI is InChI=1S/C20H20FN5O2/c1-12-11-28-17-5-4-13(21)9-14(17)16-3-2-7-25(16)18-6-8-26-19(24-18)15(10-22-26)23-20(12)27/h4-6,8-10,12,16H,2-3,7,11H2,1H3,(H,23,27). The number of fused-ring (bicyclic) bond motifs is 5. The molecule has 1 saturated heterocycles. The molecule has 1 fully saturated rings. The van der Waals surface area contributed by atoms with Crippen LogP contribution in [0.2, 0.25) is 0 Å². The average Bonchev–Trinajstić information content (AvgIpc) is 3.33. The third kappa shape index (κ3) is 2.76. The van der Waals surface area contributed by atoms with E-state index in [1.807, 2.05) is 12.3 Å². The molecule has 1 amide bonds. The molecule has 2 unspecified atom stereocenters. The summed E-state index contributed by atoms with van der Waals surface area (Å²) >= 11 is 0. The zero-order valence-corrected chi connectivity index (χ0v) is 15.4. The van der Waals surface area contributed by atoms with Crippen LogP contribution in [0.4, 0.5) is 15.9 Å². The maximum absolute atomic E-state index is 14.1. The van der Waals surface area contributed by atoms with Gasteiger partial charge in [-0.15, -0.1) is 0 Å². The summed E-state index contributed by atoms with van der Waals surface area (Å²) in [5.41, 5.74) is 1.94. The van der Waals surface area contributed by atoms with Gasteiger partial charge in [-0.2, -0.15) is 5.10 Å². The molecule has 0 spiro atoms. The van der Waals surface area contributed by atoms with Crippen molar-refractivity contribution in [3.05, 3.63) is 48.0 Å². The Balaban J connectivity index is 1.68. The molecular weight excluding hydrogens is 361 g/mol. The van der Waals surface area contributed by atoms with Gasteiger partial charge >= 0.3 is 0 Å². The van der Waals surface area contributed by atoms with Crippen LogP contribution in [-0.2, 0) is 4.79 Å². The molecular formula is C20H20FN5O2. The molecule has 0 aliphatic carbocycles. The first-order chi connectivity index (χ1) is 13.6. The van der Waals surface area contributed by atoms with E-state index < -0.39 is 5.92 Å². The summed E-state index contributed by atoms with van der Waals surface area (Å²) in [4.78, 5) is 19.5. The molecule has 0 saturated carbocycles. The Morgan fingerprint density at radius 2 is 2.21 bits per heavy atom. The second-order valence-electron chi connectivity index (χ2n) is 7.35. The van der Waals surface area contributed by atoms with Crippen LogP contribution in [0.3, 0.4) is 0 Å². The Hall–Kier alpha value is -3.16.